The van der Waals surface area contributed by atoms with Crippen molar-refractivity contribution in [3.63, 3.8) is 0 Å². The molecule has 0 saturated carbocycles. The third-order valence-electron chi connectivity index (χ3n) is 3.34. The van der Waals surface area contributed by atoms with Gasteiger partial charge in [-0.05, 0) is 18.2 Å². The van der Waals surface area contributed by atoms with Crippen LogP contribution in [0.2, 0.25) is 0 Å². The number of aromatic hydroxyl groups is 2. The van der Waals surface area contributed by atoms with E-state index in [1.54, 1.807) is 43.5 Å². The third-order valence-corrected chi connectivity index (χ3v) is 3.34. The molecule has 2 aromatic rings. The Hall–Kier alpha value is -2.21. The minimum atomic E-state index is -0.322. The number of rotatable bonds is 7. The van der Waals surface area contributed by atoms with Crippen LogP contribution >= 0.6 is 0 Å². The zero-order valence-corrected chi connectivity index (χ0v) is 14.4. The summed E-state index contributed by atoms with van der Waals surface area (Å²) in [4.78, 5) is 11.9. The third kappa shape index (κ3) is 5.45. The van der Waals surface area contributed by atoms with Crippen LogP contribution < -0.4 is 15.4 Å². The predicted molar refractivity (Wildman–Crippen MR) is 86.8 cm³/mol. The Labute approximate surface area is 151 Å². The fourth-order valence-electron chi connectivity index (χ4n) is 2.07. The number of phenolic OH excluding ortho intramolecular Hbond substituents is 2. The summed E-state index contributed by atoms with van der Waals surface area (Å²) < 4.78 is 5.02. The average molecular weight is 371 g/mol. The van der Waals surface area contributed by atoms with Crippen LogP contribution in [0.3, 0.4) is 0 Å². The maximum absolute atomic E-state index is 11.9. The summed E-state index contributed by atoms with van der Waals surface area (Å²) in [5.74, 6) is 0.398. The summed E-state index contributed by atoms with van der Waals surface area (Å²) in [5, 5.41) is 25.3. The number of amides is 1. The molecule has 0 atom stereocenters. The van der Waals surface area contributed by atoms with Crippen LogP contribution in [0.15, 0.2) is 42.5 Å². The molecule has 1 radical (unpaired) electrons. The molecular formula is C17H20MnN2O4. The predicted octanol–water partition coefficient (Wildman–Crippen LogP) is 1.62. The molecule has 129 valence electrons. The van der Waals surface area contributed by atoms with Crippen molar-refractivity contribution in [3.05, 3.63) is 53.6 Å². The van der Waals surface area contributed by atoms with Crippen molar-refractivity contribution < 1.29 is 36.8 Å². The van der Waals surface area contributed by atoms with Crippen molar-refractivity contribution in [1.82, 2.24) is 10.6 Å². The summed E-state index contributed by atoms with van der Waals surface area (Å²) in [7, 11) is 1.54. The van der Waals surface area contributed by atoms with Gasteiger partial charge >= 0.3 is 0 Å². The standard InChI is InChI=1S/C17H20N2O4.Mn/c1-23-13-7-6-12(16(21)10-13)11-18-8-9-19-17(22)14-4-2-3-5-15(14)20;/h2-7,10,18,20-21H,8-9,11H2,1H3,(H,19,22);. The molecule has 0 bridgehead atoms. The molecule has 0 aliphatic heterocycles. The van der Waals surface area contributed by atoms with Gasteiger partial charge in [0.05, 0.1) is 12.7 Å². The number of hydrogen-bond acceptors (Lipinski definition) is 5. The summed E-state index contributed by atoms with van der Waals surface area (Å²) >= 11 is 0. The molecule has 0 spiro atoms. The first-order valence-electron chi connectivity index (χ1n) is 7.24. The summed E-state index contributed by atoms with van der Waals surface area (Å²) in [6.45, 7) is 1.41. The zero-order chi connectivity index (χ0) is 16.7. The summed E-state index contributed by atoms with van der Waals surface area (Å²) in [5.41, 5.74) is 0.998. The Morgan fingerprint density at radius 3 is 2.50 bits per heavy atom. The molecule has 6 nitrogen and oxygen atoms in total. The van der Waals surface area contributed by atoms with E-state index in [9.17, 15) is 15.0 Å². The van der Waals surface area contributed by atoms with Crippen LogP contribution in [0.5, 0.6) is 17.2 Å². The van der Waals surface area contributed by atoms with E-state index in [2.05, 4.69) is 10.6 Å². The van der Waals surface area contributed by atoms with Crippen molar-refractivity contribution in [2.75, 3.05) is 20.2 Å². The van der Waals surface area contributed by atoms with Gasteiger partial charge in [-0.3, -0.25) is 4.79 Å². The van der Waals surface area contributed by atoms with Gasteiger partial charge < -0.3 is 25.6 Å². The van der Waals surface area contributed by atoms with Crippen LogP contribution in [0.4, 0.5) is 0 Å². The number of carbonyl (C=O) groups is 1. The molecule has 0 fully saturated rings. The topological polar surface area (TPSA) is 90.8 Å². The normalized spacial score (nSPS) is 9.88. The van der Waals surface area contributed by atoms with Gasteiger partial charge in [-0.15, -0.1) is 0 Å². The number of para-hydroxylation sites is 1. The zero-order valence-electron chi connectivity index (χ0n) is 13.3. The SMILES string of the molecule is COc1ccc(CNCCNC(=O)c2ccccc2O)c(O)c1.[Mn]. The number of hydrogen-bond donors (Lipinski definition) is 4. The maximum atomic E-state index is 11.9. The Balaban J connectivity index is 0.00000288. The van der Waals surface area contributed by atoms with Crippen molar-refractivity contribution in [1.29, 1.82) is 0 Å². The van der Waals surface area contributed by atoms with E-state index in [0.717, 1.165) is 5.56 Å². The monoisotopic (exact) mass is 371 g/mol. The van der Waals surface area contributed by atoms with Crippen LogP contribution in [0, 0.1) is 0 Å². The molecule has 2 aromatic carbocycles. The molecule has 0 saturated heterocycles. The van der Waals surface area contributed by atoms with Crippen molar-refractivity contribution >= 4 is 5.91 Å². The molecular weight excluding hydrogens is 351 g/mol. The Kier molecular flexibility index (Phi) is 8.12. The number of phenols is 2. The van der Waals surface area contributed by atoms with Gasteiger partial charge in [0.15, 0.2) is 0 Å². The second kappa shape index (κ2) is 9.82. The van der Waals surface area contributed by atoms with Crippen LogP contribution in [0.25, 0.3) is 0 Å². The quantitative estimate of drug-likeness (QED) is 0.439. The average Bonchev–Trinajstić information content (AvgIpc) is 2.56. The van der Waals surface area contributed by atoms with Gasteiger partial charge in [0.1, 0.15) is 17.2 Å². The molecule has 4 N–H and O–H groups in total. The summed E-state index contributed by atoms with van der Waals surface area (Å²) in [6, 6.07) is 11.5. The summed E-state index contributed by atoms with van der Waals surface area (Å²) in [6.07, 6.45) is 0. The molecule has 0 heterocycles. The van der Waals surface area contributed by atoms with E-state index in [4.69, 9.17) is 4.74 Å². The molecule has 0 unspecified atom stereocenters. The molecule has 0 aromatic heterocycles. The molecule has 1 amide bonds. The number of nitrogens with one attached hydrogen (secondary N) is 2. The number of carbonyl (C=O) groups excluding carboxylic acids is 1. The van der Waals surface area contributed by atoms with E-state index >= 15 is 0 Å². The largest absolute Gasteiger partial charge is 0.507 e. The molecule has 0 aliphatic carbocycles. The first-order chi connectivity index (χ1) is 11.1. The van der Waals surface area contributed by atoms with Gasteiger partial charge in [-0.25, -0.2) is 0 Å². The Bertz CT molecular complexity index is 679. The second-order valence-electron chi connectivity index (χ2n) is 4.94. The van der Waals surface area contributed by atoms with Gasteiger partial charge in [-0.2, -0.15) is 0 Å². The van der Waals surface area contributed by atoms with E-state index in [1.807, 2.05) is 0 Å². The fourth-order valence-corrected chi connectivity index (χ4v) is 2.07. The molecule has 7 heteroatoms. The minimum absolute atomic E-state index is 0. The van der Waals surface area contributed by atoms with Gasteiger partial charge in [0, 0.05) is 48.3 Å². The van der Waals surface area contributed by atoms with E-state index in [-0.39, 0.29) is 40.0 Å². The molecule has 0 aliphatic rings. The van der Waals surface area contributed by atoms with E-state index < -0.39 is 0 Å². The maximum Gasteiger partial charge on any atom is 0.255 e. The fraction of sp³-hybridized carbons (Fsp3) is 0.235. The van der Waals surface area contributed by atoms with Crippen LogP contribution in [0.1, 0.15) is 15.9 Å². The van der Waals surface area contributed by atoms with E-state index in [1.165, 1.54) is 6.07 Å². The van der Waals surface area contributed by atoms with Gasteiger partial charge in [-0.1, -0.05) is 18.2 Å². The van der Waals surface area contributed by atoms with E-state index in [0.29, 0.717) is 25.4 Å². The van der Waals surface area contributed by atoms with Crippen molar-refractivity contribution in [2.45, 2.75) is 6.54 Å². The Morgan fingerprint density at radius 2 is 1.83 bits per heavy atom. The Morgan fingerprint density at radius 1 is 1.08 bits per heavy atom. The van der Waals surface area contributed by atoms with Crippen molar-refractivity contribution in [2.24, 2.45) is 0 Å². The van der Waals surface area contributed by atoms with Crippen molar-refractivity contribution in [3.8, 4) is 17.2 Å². The van der Waals surface area contributed by atoms with Crippen LogP contribution in [-0.2, 0) is 23.6 Å². The number of ether oxygens (including phenoxy) is 1. The van der Waals surface area contributed by atoms with Gasteiger partial charge in [0.25, 0.3) is 5.91 Å². The first kappa shape index (κ1) is 19.8. The minimum Gasteiger partial charge on any atom is -0.507 e. The smallest absolute Gasteiger partial charge is 0.255 e. The van der Waals surface area contributed by atoms with Crippen LogP contribution in [-0.4, -0.2) is 36.3 Å². The number of methoxy groups -OCH3 is 1. The second-order valence-corrected chi connectivity index (χ2v) is 4.94. The first-order valence-corrected chi connectivity index (χ1v) is 7.24. The number of benzene rings is 2. The molecule has 24 heavy (non-hydrogen) atoms. The molecule has 2 rings (SSSR count). The van der Waals surface area contributed by atoms with Gasteiger partial charge in [0.2, 0.25) is 0 Å².